The molecule has 0 bridgehead atoms. The molecule has 8 rings (SSSR count). The second-order valence-corrected chi connectivity index (χ2v) is 23.0. The summed E-state index contributed by atoms with van der Waals surface area (Å²) in [4.78, 5) is 23.3. The standard InChI is InChI=1S/C16H25N.3C15H24N2.7C2H6/c1-16(2,3)15-9-11-17(12-10-15)13-14-7-5-4-6-8-14;1-12-6-8-15(9-7-12)17(3)13(2)14-5-4-10-16-11-14;2*1-12-7-9-14(10-8-12)17(3)13(2)15-6-4-5-11-16-15;7*1-2/h4-8,15H,9-13H2,1-3H3;4-5,10-13,15H,6-9H2,1-3H3;2*4-6,11-14H,7-10H2,1-3H3;7*1-2H3. The van der Waals surface area contributed by atoms with Crippen molar-refractivity contribution in [2.45, 2.75) is 292 Å². The van der Waals surface area contributed by atoms with Gasteiger partial charge in [-0.1, -0.05) is 187 Å². The van der Waals surface area contributed by atoms with Crippen LogP contribution in [0.3, 0.4) is 0 Å². The van der Waals surface area contributed by atoms with E-state index in [1.54, 1.807) is 0 Å². The molecule has 0 N–H and O–H groups in total. The van der Waals surface area contributed by atoms with E-state index in [9.17, 15) is 0 Å². The molecule has 82 heavy (non-hydrogen) atoms. The fraction of sp³-hybridized carbons (Fsp3) is 0.720. The molecular weight excluding hydrogens is 999 g/mol. The van der Waals surface area contributed by atoms with E-state index in [0.717, 1.165) is 48.3 Å². The van der Waals surface area contributed by atoms with Gasteiger partial charge in [0.05, 0.1) is 11.4 Å². The maximum Gasteiger partial charge on any atom is 0.0572 e. The Hall–Kier alpha value is -3.49. The van der Waals surface area contributed by atoms with E-state index in [-0.39, 0.29) is 0 Å². The molecule has 1 aromatic carbocycles. The van der Waals surface area contributed by atoms with Gasteiger partial charge in [-0.2, -0.15) is 0 Å². The number of pyridine rings is 3. The number of hydrogen-bond acceptors (Lipinski definition) is 7. The van der Waals surface area contributed by atoms with Crippen LogP contribution in [0.4, 0.5) is 0 Å². The zero-order valence-corrected chi connectivity index (χ0v) is 59.2. The van der Waals surface area contributed by atoms with Crippen LogP contribution in [0.25, 0.3) is 0 Å². The van der Waals surface area contributed by atoms with Crippen molar-refractivity contribution in [1.29, 1.82) is 0 Å². The number of hydrogen-bond donors (Lipinski definition) is 0. The Morgan fingerprint density at radius 3 is 1.07 bits per heavy atom. The van der Waals surface area contributed by atoms with Crippen LogP contribution in [0, 0.1) is 29.1 Å². The van der Waals surface area contributed by atoms with Gasteiger partial charge in [0, 0.05) is 67.6 Å². The van der Waals surface area contributed by atoms with E-state index in [1.165, 1.54) is 125 Å². The molecule has 1 aliphatic heterocycles. The Morgan fingerprint density at radius 1 is 0.427 bits per heavy atom. The molecule has 4 heterocycles. The highest BCUT2D eigenvalue weighted by Crippen LogP contribution is 2.36. The van der Waals surface area contributed by atoms with E-state index >= 15 is 0 Å². The Balaban J connectivity index is -0.000000944. The lowest BCUT2D eigenvalue weighted by atomic mass is 9.75. The molecule has 3 aliphatic carbocycles. The van der Waals surface area contributed by atoms with Crippen molar-refractivity contribution in [3.63, 3.8) is 0 Å². The number of aromatic nitrogens is 3. The zero-order chi connectivity index (χ0) is 63.1. The summed E-state index contributed by atoms with van der Waals surface area (Å²) in [6.07, 6.45) is 26.7. The highest BCUT2D eigenvalue weighted by molar-refractivity contribution is 5.15. The summed E-state index contributed by atoms with van der Waals surface area (Å²) >= 11 is 0. The third-order valence-electron chi connectivity index (χ3n) is 17.0. The summed E-state index contributed by atoms with van der Waals surface area (Å²) in [6, 6.07) is 31.0. The van der Waals surface area contributed by atoms with Gasteiger partial charge in [0.15, 0.2) is 0 Å². The van der Waals surface area contributed by atoms with Gasteiger partial charge in [-0.3, -0.25) is 34.6 Å². The van der Waals surface area contributed by atoms with Crippen molar-refractivity contribution in [1.82, 2.24) is 34.6 Å². The van der Waals surface area contributed by atoms with E-state index < -0.39 is 0 Å². The predicted molar refractivity (Wildman–Crippen MR) is 369 cm³/mol. The SMILES string of the molecule is CC.CC.CC.CC.CC.CC.CC.CC(C)(C)C1CCN(Cc2ccccc2)CC1.CC1CCC(N(C)C(C)c2ccccn2)CC1.CC1CCC(N(C)C(C)c2ccccn2)CC1.CC1CCC(N(C)C(C)c2cccnc2)CC1. The minimum absolute atomic E-state index is 0.426. The van der Waals surface area contributed by atoms with E-state index in [2.05, 4.69) is 179 Å². The topological polar surface area (TPSA) is 51.6 Å². The molecule has 0 amide bonds. The fourth-order valence-corrected chi connectivity index (χ4v) is 11.2. The number of nitrogens with zero attached hydrogens (tertiary/aromatic N) is 7. The van der Waals surface area contributed by atoms with Gasteiger partial charge in [0.1, 0.15) is 0 Å². The molecule has 7 nitrogen and oxygen atoms in total. The van der Waals surface area contributed by atoms with Gasteiger partial charge in [-0.05, 0) is 215 Å². The maximum absolute atomic E-state index is 4.47. The Morgan fingerprint density at radius 2 is 0.768 bits per heavy atom. The minimum Gasteiger partial charge on any atom is -0.299 e. The average molecular weight is 1140 g/mol. The molecule has 3 saturated carbocycles. The first-order valence-corrected chi connectivity index (χ1v) is 34.2. The van der Waals surface area contributed by atoms with Gasteiger partial charge >= 0.3 is 0 Å². The van der Waals surface area contributed by atoms with Gasteiger partial charge in [-0.25, -0.2) is 0 Å². The monoisotopic (exact) mass is 1140 g/mol. The zero-order valence-electron chi connectivity index (χ0n) is 59.2. The molecule has 4 fully saturated rings. The Kier molecular flexibility index (Phi) is 52.3. The molecule has 3 aromatic heterocycles. The van der Waals surface area contributed by atoms with Crippen LogP contribution in [-0.2, 0) is 6.54 Å². The number of benzene rings is 1. The van der Waals surface area contributed by atoms with Gasteiger partial charge in [-0.15, -0.1) is 0 Å². The summed E-state index contributed by atoms with van der Waals surface area (Å²) in [6.45, 7) is 52.7. The lowest BCUT2D eigenvalue weighted by molar-refractivity contribution is 0.108. The summed E-state index contributed by atoms with van der Waals surface area (Å²) < 4.78 is 0. The quantitative estimate of drug-likeness (QED) is 0.148. The number of piperidine rings is 1. The molecule has 474 valence electrons. The number of rotatable bonds is 11. The van der Waals surface area contributed by atoms with Crippen molar-refractivity contribution in [3.05, 3.63) is 126 Å². The second kappa shape index (κ2) is 51.9. The summed E-state index contributed by atoms with van der Waals surface area (Å²) in [5, 5.41) is 0. The molecule has 3 unspecified atom stereocenters. The van der Waals surface area contributed by atoms with Gasteiger partial charge < -0.3 is 0 Å². The van der Waals surface area contributed by atoms with Crippen molar-refractivity contribution < 1.29 is 0 Å². The normalized spacial score (nSPS) is 21.4. The van der Waals surface area contributed by atoms with Crippen molar-refractivity contribution in [2.75, 3.05) is 34.2 Å². The van der Waals surface area contributed by atoms with Gasteiger partial charge in [0.25, 0.3) is 0 Å². The molecule has 3 atom stereocenters. The highest BCUT2D eigenvalue weighted by Gasteiger charge is 2.30. The first-order chi connectivity index (χ1) is 39.6. The summed E-state index contributed by atoms with van der Waals surface area (Å²) in [5.41, 5.74) is 5.64. The largest absolute Gasteiger partial charge is 0.299 e. The first-order valence-electron chi connectivity index (χ1n) is 34.2. The second-order valence-electron chi connectivity index (χ2n) is 23.0. The van der Waals surface area contributed by atoms with Crippen LogP contribution in [-0.4, -0.2) is 86.9 Å². The maximum atomic E-state index is 4.47. The molecule has 7 heteroatoms. The van der Waals surface area contributed by atoms with Crippen molar-refractivity contribution in [3.8, 4) is 0 Å². The highest BCUT2D eigenvalue weighted by atomic mass is 15.2. The first kappa shape index (κ1) is 82.7. The van der Waals surface area contributed by atoms with Crippen LogP contribution in [0.5, 0.6) is 0 Å². The van der Waals surface area contributed by atoms with Crippen LogP contribution in [0.1, 0.15) is 290 Å². The Labute approximate surface area is 513 Å². The van der Waals surface area contributed by atoms with E-state index in [0.29, 0.717) is 23.5 Å². The summed E-state index contributed by atoms with van der Waals surface area (Å²) in [5.74, 6) is 3.66. The number of likely N-dealkylation sites (tertiary alicyclic amines) is 1. The van der Waals surface area contributed by atoms with E-state index in [1.807, 2.05) is 140 Å². The fourth-order valence-electron chi connectivity index (χ4n) is 11.2. The predicted octanol–water partition coefficient (Wildman–Crippen LogP) is 22.1. The summed E-state index contributed by atoms with van der Waals surface area (Å²) in [7, 11) is 6.76. The van der Waals surface area contributed by atoms with Crippen LogP contribution in [0.15, 0.2) is 104 Å². The van der Waals surface area contributed by atoms with Gasteiger partial charge in [0.2, 0.25) is 0 Å². The lowest BCUT2D eigenvalue weighted by Gasteiger charge is -2.38. The van der Waals surface area contributed by atoms with Crippen LogP contribution in [0.2, 0.25) is 0 Å². The molecule has 4 aromatic rings. The van der Waals surface area contributed by atoms with E-state index in [4.69, 9.17) is 0 Å². The Bertz CT molecular complexity index is 1710. The van der Waals surface area contributed by atoms with Crippen molar-refractivity contribution in [2.24, 2.45) is 29.1 Å². The molecule has 0 spiro atoms. The third kappa shape index (κ3) is 33.3. The van der Waals surface area contributed by atoms with Crippen LogP contribution < -0.4 is 0 Å². The lowest BCUT2D eigenvalue weighted by Crippen LogP contribution is -2.37. The molecule has 4 aliphatic rings. The average Bonchev–Trinajstić information content (AvgIpc) is 3.61. The third-order valence-corrected chi connectivity index (χ3v) is 17.0. The molecule has 1 saturated heterocycles. The minimum atomic E-state index is 0.426. The molecule has 0 radical (unpaired) electrons. The van der Waals surface area contributed by atoms with Crippen molar-refractivity contribution >= 4 is 0 Å². The smallest absolute Gasteiger partial charge is 0.0572 e. The van der Waals surface area contributed by atoms with Crippen LogP contribution >= 0.6 is 0 Å². The molecular formula is C75H139N7.